The average Bonchev–Trinajstić information content (AvgIpc) is 2.90. The van der Waals surface area contributed by atoms with Crippen LogP contribution >= 0.6 is 0 Å². The van der Waals surface area contributed by atoms with Crippen molar-refractivity contribution < 1.29 is 22.7 Å². The first-order valence-electron chi connectivity index (χ1n) is 6.28. The van der Waals surface area contributed by atoms with Gasteiger partial charge in [0.25, 0.3) is 0 Å². The van der Waals surface area contributed by atoms with E-state index in [1.807, 2.05) is 0 Å². The van der Waals surface area contributed by atoms with Gasteiger partial charge in [0.05, 0.1) is 24.4 Å². The lowest BCUT2D eigenvalue weighted by molar-refractivity contribution is -0.137. The highest BCUT2D eigenvalue weighted by molar-refractivity contribution is 5.97. The Morgan fingerprint density at radius 1 is 1.36 bits per heavy atom. The molecule has 0 aliphatic rings. The van der Waals surface area contributed by atoms with Crippen LogP contribution in [0.2, 0.25) is 0 Å². The zero-order valence-electron chi connectivity index (χ0n) is 12.2. The Hall–Kier alpha value is -2.51. The molecule has 0 saturated carbocycles. The third kappa shape index (κ3) is 2.90. The fourth-order valence-corrected chi connectivity index (χ4v) is 2.12. The first-order chi connectivity index (χ1) is 10.3. The molecule has 5 nitrogen and oxygen atoms in total. The second kappa shape index (κ2) is 5.70. The topological polar surface area (TPSA) is 56.2 Å². The molecule has 1 aromatic carbocycles. The van der Waals surface area contributed by atoms with Crippen molar-refractivity contribution in [3.05, 3.63) is 35.7 Å². The number of alkyl halides is 3. The molecule has 0 aliphatic carbocycles. The molecule has 0 fully saturated rings. The van der Waals surface area contributed by atoms with Crippen molar-refractivity contribution in [2.75, 3.05) is 19.5 Å². The molecule has 1 heterocycles. The number of benzene rings is 1. The summed E-state index contributed by atoms with van der Waals surface area (Å²) in [6, 6.07) is 2.06. The van der Waals surface area contributed by atoms with Gasteiger partial charge in [-0.15, -0.1) is 0 Å². The lowest BCUT2D eigenvalue weighted by Crippen LogP contribution is -2.12. The van der Waals surface area contributed by atoms with Gasteiger partial charge in [-0.05, 0) is 17.7 Å². The lowest BCUT2D eigenvalue weighted by atomic mass is 9.97. The van der Waals surface area contributed by atoms with E-state index in [0.29, 0.717) is 0 Å². The summed E-state index contributed by atoms with van der Waals surface area (Å²) in [4.78, 5) is 11.8. The first-order valence-corrected chi connectivity index (χ1v) is 6.28. The van der Waals surface area contributed by atoms with Crippen molar-refractivity contribution in [1.29, 1.82) is 0 Å². The van der Waals surface area contributed by atoms with E-state index in [1.54, 1.807) is 7.05 Å². The van der Waals surface area contributed by atoms with Crippen molar-refractivity contribution in [3.8, 4) is 11.1 Å². The zero-order chi connectivity index (χ0) is 16.5. The van der Waals surface area contributed by atoms with Gasteiger partial charge in [0.1, 0.15) is 0 Å². The summed E-state index contributed by atoms with van der Waals surface area (Å²) < 4.78 is 45.9. The number of aromatic nitrogens is 2. The quantitative estimate of drug-likeness (QED) is 0.885. The second-order valence-corrected chi connectivity index (χ2v) is 4.59. The molecular weight excluding hydrogens is 299 g/mol. The predicted octanol–water partition coefficient (Wildman–Crippen LogP) is 2.93. The number of anilines is 1. The monoisotopic (exact) mass is 313 g/mol. The van der Waals surface area contributed by atoms with Crippen LogP contribution in [0, 0.1) is 0 Å². The van der Waals surface area contributed by atoms with E-state index < -0.39 is 17.7 Å². The summed E-state index contributed by atoms with van der Waals surface area (Å²) in [5.41, 5.74) is -0.635. The molecular formula is C14H14F3N3O2. The molecule has 2 rings (SSSR count). The minimum atomic E-state index is -4.56. The number of aryl methyl sites for hydroxylation is 1. The summed E-state index contributed by atoms with van der Waals surface area (Å²) >= 11 is 0. The third-order valence-electron chi connectivity index (χ3n) is 3.15. The molecule has 0 amide bonds. The van der Waals surface area contributed by atoms with Gasteiger partial charge in [-0.1, -0.05) is 0 Å². The highest BCUT2D eigenvalue weighted by atomic mass is 19.4. The van der Waals surface area contributed by atoms with Gasteiger partial charge in [-0.25, -0.2) is 4.79 Å². The highest BCUT2D eigenvalue weighted by Crippen LogP contribution is 2.40. The van der Waals surface area contributed by atoms with Gasteiger partial charge in [-0.2, -0.15) is 18.3 Å². The number of nitrogens with one attached hydrogen (secondary N) is 1. The summed E-state index contributed by atoms with van der Waals surface area (Å²) in [6.07, 6.45) is -1.80. The maximum absolute atomic E-state index is 13.3. The maximum atomic E-state index is 13.3. The smallest absolute Gasteiger partial charge is 0.417 e. The molecule has 0 spiro atoms. The second-order valence-electron chi connectivity index (χ2n) is 4.59. The fraction of sp³-hybridized carbons (Fsp3) is 0.286. The molecule has 1 N–H and O–H groups in total. The molecule has 0 radical (unpaired) electrons. The van der Waals surface area contributed by atoms with Crippen LogP contribution in [0.4, 0.5) is 18.9 Å². The van der Waals surface area contributed by atoms with E-state index in [2.05, 4.69) is 15.2 Å². The fourth-order valence-electron chi connectivity index (χ4n) is 2.12. The molecule has 0 bridgehead atoms. The summed E-state index contributed by atoms with van der Waals surface area (Å²) in [7, 11) is 4.20. The van der Waals surface area contributed by atoms with E-state index in [4.69, 9.17) is 0 Å². The molecule has 1 aromatic heterocycles. The van der Waals surface area contributed by atoms with Crippen LogP contribution in [-0.4, -0.2) is 29.9 Å². The highest BCUT2D eigenvalue weighted by Gasteiger charge is 2.35. The molecule has 0 unspecified atom stereocenters. The number of ether oxygens (including phenoxy) is 1. The Morgan fingerprint density at radius 2 is 2.05 bits per heavy atom. The van der Waals surface area contributed by atoms with Gasteiger partial charge in [0, 0.05) is 31.5 Å². The minimum Gasteiger partial charge on any atom is -0.465 e. The van der Waals surface area contributed by atoms with Crippen LogP contribution in [0.15, 0.2) is 24.5 Å². The number of nitrogens with zero attached hydrogens (tertiary/aromatic N) is 2. The number of carbonyl (C=O) groups is 1. The lowest BCUT2D eigenvalue weighted by Gasteiger charge is -2.16. The van der Waals surface area contributed by atoms with Gasteiger partial charge in [0.15, 0.2) is 0 Å². The predicted molar refractivity (Wildman–Crippen MR) is 74.5 cm³/mol. The van der Waals surface area contributed by atoms with Crippen LogP contribution < -0.4 is 5.32 Å². The standard InChI is InChI=1S/C14H14F3N3O2/c1-18-12-5-11(14(15,16)17)9(4-10(12)13(21)22-3)8-6-19-20(2)7-8/h4-7,18H,1-3H3. The largest absolute Gasteiger partial charge is 0.465 e. The number of esters is 1. The Kier molecular flexibility index (Phi) is 4.11. The molecule has 0 aliphatic heterocycles. The SMILES string of the molecule is CNc1cc(C(F)(F)F)c(-c2cnn(C)c2)cc1C(=O)OC. The number of hydrogen-bond donors (Lipinski definition) is 1. The Bertz CT molecular complexity index is 708. The number of methoxy groups -OCH3 is 1. The van der Waals surface area contributed by atoms with Crippen molar-refractivity contribution in [1.82, 2.24) is 9.78 Å². The summed E-state index contributed by atoms with van der Waals surface area (Å²) in [5, 5.41) is 6.46. The average molecular weight is 313 g/mol. The van der Waals surface area contributed by atoms with Crippen LogP contribution in [-0.2, 0) is 18.0 Å². The molecule has 2 aromatic rings. The van der Waals surface area contributed by atoms with Crippen molar-refractivity contribution in [2.45, 2.75) is 6.18 Å². The van der Waals surface area contributed by atoms with Gasteiger partial charge in [-0.3, -0.25) is 4.68 Å². The Balaban J connectivity index is 2.75. The zero-order valence-corrected chi connectivity index (χ0v) is 12.2. The molecule has 0 atom stereocenters. The molecule has 8 heteroatoms. The van der Waals surface area contributed by atoms with E-state index in [0.717, 1.165) is 12.1 Å². The number of halogens is 3. The summed E-state index contributed by atoms with van der Waals surface area (Å²) in [6.45, 7) is 0. The number of carbonyl (C=O) groups excluding carboxylic acids is 1. The van der Waals surface area contributed by atoms with Crippen LogP contribution in [0.3, 0.4) is 0 Å². The minimum absolute atomic E-state index is 0.0249. The van der Waals surface area contributed by atoms with Crippen LogP contribution in [0.1, 0.15) is 15.9 Å². The van der Waals surface area contributed by atoms with Crippen LogP contribution in [0.5, 0.6) is 0 Å². The van der Waals surface area contributed by atoms with Gasteiger partial charge in [0.2, 0.25) is 0 Å². The van der Waals surface area contributed by atoms with Crippen molar-refractivity contribution in [3.63, 3.8) is 0 Å². The number of hydrogen-bond acceptors (Lipinski definition) is 4. The van der Waals surface area contributed by atoms with Gasteiger partial charge >= 0.3 is 12.1 Å². The first kappa shape index (κ1) is 15.9. The van der Waals surface area contributed by atoms with Gasteiger partial charge < -0.3 is 10.1 Å². The van der Waals surface area contributed by atoms with E-state index in [9.17, 15) is 18.0 Å². The van der Waals surface area contributed by atoms with Crippen LogP contribution in [0.25, 0.3) is 11.1 Å². The van der Waals surface area contributed by atoms with E-state index in [-0.39, 0.29) is 22.4 Å². The van der Waals surface area contributed by atoms with E-state index in [1.165, 1.54) is 31.2 Å². The molecule has 0 saturated heterocycles. The Morgan fingerprint density at radius 3 is 2.50 bits per heavy atom. The molecule has 118 valence electrons. The van der Waals surface area contributed by atoms with E-state index >= 15 is 0 Å². The van der Waals surface area contributed by atoms with Crippen molar-refractivity contribution >= 4 is 11.7 Å². The summed E-state index contributed by atoms with van der Waals surface area (Å²) in [5.74, 6) is -0.719. The third-order valence-corrected chi connectivity index (χ3v) is 3.15. The Labute approximate surface area is 124 Å². The number of rotatable bonds is 3. The van der Waals surface area contributed by atoms with Crippen molar-refractivity contribution in [2.24, 2.45) is 7.05 Å². The maximum Gasteiger partial charge on any atom is 0.417 e. The molecule has 22 heavy (non-hydrogen) atoms. The normalized spacial score (nSPS) is 11.4.